The molecule has 0 unspecified atom stereocenters. The lowest BCUT2D eigenvalue weighted by Gasteiger charge is -2.05. The Kier molecular flexibility index (Phi) is 8.06. The van der Waals surface area contributed by atoms with Crippen LogP contribution in [0.1, 0.15) is 0 Å². The molecular formula is C20H12F6N2O8S2. The molecule has 0 fully saturated rings. The van der Waals surface area contributed by atoms with Crippen LogP contribution in [0.2, 0.25) is 0 Å². The van der Waals surface area contributed by atoms with Gasteiger partial charge in [-0.3, -0.25) is 0 Å². The highest BCUT2D eigenvalue weighted by atomic mass is 32.2. The Morgan fingerprint density at radius 2 is 0.895 bits per heavy atom. The van der Waals surface area contributed by atoms with Crippen molar-refractivity contribution in [3.8, 4) is 34.7 Å². The summed E-state index contributed by atoms with van der Waals surface area (Å²) in [6, 6.07) is 16.4. The molecule has 38 heavy (non-hydrogen) atoms. The smallest absolute Gasteiger partial charge is 0.440 e. The SMILES string of the molecule is O=S(=O)(Oc1coc(-c2ccccc2)n1)C(F)(F)F.O=S(=O)(Oc1coc(-c2ccccc2)n1)C(F)(F)F. The molecule has 0 bridgehead atoms. The van der Waals surface area contributed by atoms with Crippen LogP contribution in [-0.2, 0) is 20.2 Å². The van der Waals surface area contributed by atoms with Crippen molar-refractivity contribution in [3.63, 3.8) is 0 Å². The fourth-order valence-corrected chi connectivity index (χ4v) is 3.13. The maximum absolute atomic E-state index is 12.1. The van der Waals surface area contributed by atoms with Crippen LogP contribution in [0.15, 0.2) is 82.0 Å². The number of nitrogens with zero attached hydrogens (tertiary/aromatic N) is 2. The minimum Gasteiger partial charge on any atom is -0.440 e. The van der Waals surface area contributed by atoms with Gasteiger partial charge in [0.25, 0.3) is 11.8 Å². The average molecular weight is 586 g/mol. The second kappa shape index (κ2) is 10.7. The fourth-order valence-electron chi connectivity index (χ4n) is 2.34. The Bertz CT molecular complexity index is 1450. The average Bonchev–Trinajstić information content (AvgIpc) is 3.48. The van der Waals surface area contributed by atoms with Crippen LogP contribution in [0.3, 0.4) is 0 Å². The molecule has 2 heterocycles. The van der Waals surface area contributed by atoms with E-state index in [2.05, 4.69) is 18.3 Å². The van der Waals surface area contributed by atoms with E-state index in [4.69, 9.17) is 8.83 Å². The molecule has 0 aliphatic carbocycles. The molecule has 0 aliphatic heterocycles. The van der Waals surface area contributed by atoms with E-state index in [0.29, 0.717) is 23.7 Å². The molecule has 10 nitrogen and oxygen atoms in total. The summed E-state index contributed by atoms with van der Waals surface area (Å²) < 4.78 is 133. The van der Waals surface area contributed by atoms with Crippen LogP contribution in [0.4, 0.5) is 26.3 Å². The van der Waals surface area contributed by atoms with Gasteiger partial charge in [-0.05, 0) is 24.3 Å². The van der Waals surface area contributed by atoms with E-state index >= 15 is 0 Å². The summed E-state index contributed by atoms with van der Waals surface area (Å²) in [5, 5.41) is 0. The molecule has 18 heteroatoms. The lowest BCUT2D eigenvalue weighted by Crippen LogP contribution is -2.28. The van der Waals surface area contributed by atoms with Gasteiger partial charge in [0.1, 0.15) is 0 Å². The summed E-state index contributed by atoms with van der Waals surface area (Å²) in [6.45, 7) is 0. The number of oxazole rings is 2. The zero-order chi connectivity index (χ0) is 28.2. The summed E-state index contributed by atoms with van der Waals surface area (Å²) in [6.07, 6.45) is 1.37. The minimum atomic E-state index is -5.74. The molecule has 204 valence electrons. The zero-order valence-electron chi connectivity index (χ0n) is 18.2. The molecule has 0 saturated carbocycles. The number of halogens is 6. The molecule has 0 radical (unpaired) electrons. The Morgan fingerprint density at radius 1 is 0.579 bits per heavy atom. The quantitative estimate of drug-likeness (QED) is 0.170. The maximum atomic E-state index is 12.1. The van der Waals surface area contributed by atoms with E-state index in [1.54, 1.807) is 60.7 Å². The van der Waals surface area contributed by atoms with Crippen molar-refractivity contribution in [2.24, 2.45) is 0 Å². The summed E-state index contributed by atoms with van der Waals surface area (Å²) in [7, 11) is -11.5. The van der Waals surface area contributed by atoms with Gasteiger partial charge >= 0.3 is 31.3 Å². The van der Waals surface area contributed by atoms with Gasteiger partial charge in [-0.15, -0.1) is 0 Å². The first kappa shape index (κ1) is 28.5. The number of hydrogen-bond acceptors (Lipinski definition) is 10. The van der Waals surface area contributed by atoms with Gasteiger partial charge in [0.2, 0.25) is 11.8 Å². The molecule has 4 rings (SSSR count). The normalized spacial score (nSPS) is 12.4. The van der Waals surface area contributed by atoms with Crippen molar-refractivity contribution in [2.75, 3.05) is 0 Å². The summed E-state index contributed by atoms with van der Waals surface area (Å²) in [5.74, 6) is -1.66. The lowest BCUT2D eigenvalue weighted by molar-refractivity contribution is -0.0506. The standard InChI is InChI=1S/2C10H6F3NO4S/c2*11-10(12,13)19(15,16)18-8-6-17-9(14-8)7-4-2-1-3-5-7/h2*1-6H. The largest absolute Gasteiger partial charge is 0.534 e. The van der Waals surface area contributed by atoms with E-state index in [0.717, 1.165) is 0 Å². The third-order valence-corrected chi connectivity index (χ3v) is 5.88. The third-order valence-electron chi connectivity index (χ3n) is 3.96. The highest BCUT2D eigenvalue weighted by molar-refractivity contribution is 7.88. The van der Waals surface area contributed by atoms with E-state index in [1.165, 1.54) is 0 Å². The van der Waals surface area contributed by atoms with Crippen LogP contribution in [0.5, 0.6) is 11.8 Å². The van der Waals surface area contributed by atoms with Crippen molar-refractivity contribution in [1.82, 2.24) is 9.97 Å². The van der Waals surface area contributed by atoms with Crippen LogP contribution in [0, 0.1) is 0 Å². The zero-order valence-corrected chi connectivity index (χ0v) is 19.8. The molecule has 2 aromatic heterocycles. The molecule has 0 spiro atoms. The number of aromatic nitrogens is 2. The van der Waals surface area contributed by atoms with E-state index in [9.17, 15) is 43.2 Å². The Hall–Kier alpha value is -4.06. The maximum Gasteiger partial charge on any atom is 0.534 e. The summed E-state index contributed by atoms with van der Waals surface area (Å²) in [4.78, 5) is 7.02. The van der Waals surface area contributed by atoms with Crippen molar-refractivity contribution in [2.45, 2.75) is 11.0 Å². The molecule has 0 N–H and O–H groups in total. The van der Waals surface area contributed by atoms with Crippen LogP contribution in [-0.4, -0.2) is 37.8 Å². The predicted octanol–water partition coefficient (Wildman–Crippen LogP) is 5.14. The number of benzene rings is 2. The van der Waals surface area contributed by atoms with Gasteiger partial charge in [0, 0.05) is 11.1 Å². The van der Waals surface area contributed by atoms with Gasteiger partial charge < -0.3 is 17.2 Å². The first-order chi connectivity index (χ1) is 17.6. The van der Waals surface area contributed by atoms with E-state index in [-0.39, 0.29) is 11.8 Å². The monoisotopic (exact) mass is 586 g/mol. The summed E-state index contributed by atoms with van der Waals surface area (Å²) in [5.41, 5.74) is -10.1. The second-order valence-electron chi connectivity index (χ2n) is 6.68. The Morgan fingerprint density at radius 3 is 1.18 bits per heavy atom. The van der Waals surface area contributed by atoms with Crippen LogP contribution < -0.4 is 8.37 Å². The summed E-state index contributed by atoms with van der Waals surface area (Å²) >= 11 is 0. The minimum absolute atomic E-state index is 0.0482. The second-order valence-corrected chi connectivity index (χ2v) is 9.76. The lowest BCUT2D eigenvalue weighted by atomic mass is 10.2. The highest BCUT2D eigenvalue weighted by Crippen LogP contribution is 2.29. The van der Waals surface area contributed by atoms with Crippen molar-refractivity contribution >= 4 is 20.2 Å². The third kappa shape index (κ3) is 7.03. The van der Waals surface area contributed by atoms with Gasteiger partial charge in [0.05, 0.1) is 0 Å². The molecule has 0 amide bonds. The fraction of sp³-hybridized carbons (Fsp3) is 0.100. The van der Waals surface area contributed by atoms with Gasteiger partial charge in [-0.1, -0.05) is 36.4 Å². The first-order valence-corrected chi connectivity index (χ1v) is 12.4. The molecule has 4 aromatic rings. The molecule has 0 atom stereocenters. The van der Waals surface area contributed by atoms with Crippen molar-refractivity contribution in [1.29, 1.82) is 0 Å². The topological polar surface area (TPSA) is 139 Å². The van der Waals surface area contributed by atoms with Gasteiger partial charge in [-0.25, -0.2) is 0 Å². The van der Waals surface area contributed by atoms with E-state index in [1.807, 2.05) is 0 Å². The van der Waals surface area contributed by atoms with Crippen molar-refractivity contribution < 1.29 is 60.4 Å². The van der Waals surface area contributed by atoms with Gasteiger partial charge in [0.15, 0.2) is 12.5 Å². The van der Waals surface area contributed by atoms with Crippen molar-refractivity contribution in [3.05, 3.63) is 73.2 Å². The molecule has 0 saturated heterocycles. The van der Waals surface area contributed by atoms with Crippen LogP contribution >= 0.6 is 0 Å². The predicted molar refractivity (Wildman–Crippen MR) is 115 cm³/mol. The first-order valence-electron chi connectivity index (χ1n) is 9.62. The van der Waals surface area contributed by atoms with E-state index < -0.39 is 43.0 Å². The molecule has 2 aromatic carbocycles. The Balaban J connectivity index is 0.000000211. The number of hydrogen-bond donors (Lipinski definition) is 0. The number of alkyl halides is 6. The highest BCUT2D eigenvalue weighted by Gasteiger charge is 2.49. The van der Waals surface area contributed by atoms with Crippen LogP contribution in [0.25, 0.3) is 22.9 Å². The molecular weight excluding hydrogens is 574 g/mol. The number of rotatable bonds is 6. The van der Waals surface area contributed by atoms with Gasteiger partial charge in [-0.2, -0.15) is 53.1 Å². The molecule has 0 aliphatic rings. The Labute approximate surface area is 209 Å².